The Morgan fingerprint density at radius 1 is 1.12 bits per heavy atom. The summed E-state index contributed by atoms with van der Waals surface area (Å²) in [6.45, 7) is 5.46. The van der Waals surface area contributed by atoms with Gasteiger partial charge in [-0.05, 0) is 58.6 Å². The summed E-state index contributed by atoms with van der Waals surface area (Å²) in [6.07, 6.45) is 9.22. The summed E-state index contributed by atoms with van der Waals surface area (Å²) in [5.41, 5.74) is 1.77. The van der Waals surface area contributed by atoms with Crippen LogP contribution >= 0.6 is 0 Å². The third-order valence-corrected chi connectivity index (χ3v) is 6.82. The van der Waals surface area contributed by atoms with Gasteiger partial charge < -0.3 is 14.6 Å². The van der Waals surface area contributed by atoms with Crippen molar-refractivity contribution in [3.63, 3.8) is 0 Å². The van der Waals surface area contributed by atoms with Crippen molar-refractivity contribution >= 4 is 28.8 Å². The summed E-state index contributed by atoms with van der Waals surface area (Å²) in [5, 5.41) is 19.6. The lowest BCUT2D eigenvalue weighted by Gasteiger charge is -2.30. The molecule has 0 aromatic carbocycles. The molecule has 210 valence electrons. The van der Waals surface area contributed by atoms with Crippen LogP contribution in [0.1, 0.15) is 63.0 Å². The molecule has 4 aromatic rings. The molecule has 0 spiro atoms. The van der Waals surface area contributed by atoms with Gasteiger partial charge in [-0.2, -0.15) is 10.2 Å². The first kappa shape index (κ1) is 27.1. The number of aromatic nitrogens is 6. The van der Waals surface area contributed by atoms with Crippen LogP contribution < -0.4 is 9.64 Å². The van der Waals surface area contributed by atoms with E-state index in [4.69, 9.17) is 14.6 Å². The van der Waals surface area contributed by atoms with Crippen LogP contribution in [0.3, 0.4) is 0 Å². The second-order valence-corrected chi connectivity index (χ2v) is 11.0. The maximum Gasteiger partial charge on any atom is 0.415 e. The minimum atomic E-state index is -1.11. The molecule has 1 fully saturated rings. The number of pyridine rings is 2. The molecule has 1 aliphatic carbocycles. The van der Waals surface area contributed by atoms with Gasteiger partial charge in [-0.3, -0.25) is 14.3 Å². The van der Waals surface area contributed by atoms with Crippen LogP contribution in [0.15, 0.2) is 43.0 Å². The Morgan fingerprint density at radius 2 is 1.88 bits per heavy atom. The number of carboxylic acid groups (broad SMARTS) is 1. The fraction of sp³-hybridized carbons (Fsp3) is 0.429. The van der Waals surface area contributed by atoms with Gasteiger partial charge in [0.1, 0.15) is 17.1 Å². The van der Waals surface area contributed by atoms with Gasteiger partial charge in [0.25, 0.3) is 0 Å². The van der Waals surface area contributed by atoms with E-state index in [1.165, 1.54) is 11.1 Å². The van der Waals surface area contributed by atoms with Gasteiger partial charge in [-0.1, -0.05) is 0 Å². The Hall–Kier alpha value is -4.48. The fourth-order valence-electron chi connectivity index (χ4n) is 4.90. The highest BCUT2D eigenvalue weighted by Gasteiger charge is 2.29. The van der Waals surface area contributed by atoms with E-state index in [0.717, 1.165) is 47.8 Å². The predicted molar refractivity (Wildman–Crippen MR) is 147 cm³/mol. The van der Waals surface area contributed by atoms with Gasteiger partial charge in [-0.25, -0.2) is 19.6 Å². The number of amides is 1. The minimum absolute atomic E-state index is 0.0719. The Labute approximate surface area is 231 Å². The molecule has 1 aliphatic rings. The van der Waals surface area contributed by atoms with Crippen LogP contribution in [0.4, 0.5) is 10.6 Å². The lowest BCUT2D eigenvalue weighted by atomic mass is 9.93. The quantitative estimate of drug-likeness (QED) is 0.359. The largest absolute Gasteiger partial charge is 0.488 e. The molecule has 1 saturated carbocycles. The zero-order valence-electron chi connectivity index (χ0n) is 23.2. The lowest BCUT2D eigenvalue weighted by molar-refractivity contribution is 0.0587. The standard InChI is InChI=1S/C28H33N7O5/c1-28(2,3)40-27(38)34(5)23-13-21-20(15-30-23)24(17-14-31-33(4)16-17)32-35(21)18-8-10-19(11-9-18)39-22-7-6-12-29-25(22)26(36)37/h6-7,12-16,18-19H,8-11H2,1-5H3,(H,36,37). The number of ether oxygens (including phenoxy) is 2. The van der Waals surface area contributed by atoms with Gasteiger partial charge >= 0.3 is 12.1 Å². The molecule has 12 nitrogen and oxygen atoms in total. The van der Waals surface area contributed by atoms with E-state index >= 15 is 0 Å². The number of anilines is 1. The summed E-state index contributed by atoms with van der Waals surface area (Å²) in [7, 11) is 3.49. The van der Waals surface area contributed by atoms with Crippen molar-refractivity contribution in [1.29, 1.82) is 0 Å². The molecular weight excluding hydrogens is 514 g/mol. The van der Waals surface area contributed by atoms with E-state index in [1.54, 1.807) is 36.3 Å². The maximum atomic E-state index is 12.7. The molecule has 0 aliphatic heterocycles. The summed E-state index contributed by atoms with van der Waals surface area (Å²) in [4.78, 5) is 34.2. The normalized spacial score (nSPS) is 17.5. The highest BCUT2D eigenvalue weighted by Crippen LogP contribution is 2.37. The summed E-state index contributed by atoms with van der Waals surface area (Å²) < 4.78 is 15.3. The topological polar surface area (TPSA) is 137 Å². The Kier molecular flexibility index (Phi) is 7.17. The van der Waals surface area contributed by atoms with Crippen LogP contribution in [0.2, 0.25) is 0 Å². The molecule has 1 amide bonds. The Morgan fingerprint density at radius 3 is 2.52 bits per heavy atom. The van der Waals surface area contributed by atoms with Crippen molar-refractivity contribution in [3.05, 3.63) is 48.7 Å². The van der Waals surface area contributed by atoms with Crippen LogP contribution in [0.25, 0.3) is 22.2 Å². The van der Waals surface area contributed by atoms with Crippen molar-refractivity contribution < 1.29 is 24.2 Å². The molecule has 12 heteroatoms. The summed E-state index contributed by atoms with van der Waals surface area (Å²) in [6, 6.07) is 5.24. The third-order valence-electron chi connectivity index (χ3n) is 6.82. The molecule has 0 radical (unpaired) electrons. The number of aromatic carboxylic acids is 1. The SMILES string of the molecule is CN(C(=O)OC(C)(C)C)c1cc2c(cn1)c(-c1cnn(C)c1)nn2C1CCC(Oc2cccnc2C(=O)O)CC1. The van der Waals surface area contributed by atoms with Gasteiger partial charge in [-0.15, -0.1) is 0 Å². The molecule has 40 heavy (non-hydrogen) atoms. The number of aryl methyl sites for hydroxylation is 1. The zero-order valence-corrected chi connectivity index (χ0v) is 23.2. The fourth-order valence-corrected chi connectivity index (χ4v) is 4.90. The van der Waals surface area contributed by atoms with Crippen molar-refractivity contribution in [2.75, 3.05) is 11.9 Å². The number of hydrogen-bond donors (Lipinski definition) is 1. The van der Waals surface area contributed by atoms with Crippen molar-refractivity contribution in [1.82, 2.24) is 29.5 Å². The molecule has 0 unspecified atom stereocenters. The summed E-state index contributed by atoms with van der Waals surface area (Å²) in [5.74, 6) is -0.380. The van der Waals surface area contributed by atoms with Crippen LogP contribution in [0, 0.1) is 0 Å². The van der Waals surface area contributed by atoms with Gasteiger partial charge in [0, 0.05) is 49.7 Å². The van der Waals surface area contributed by atoms with Crippen molar-refractivity contribution in [3.8, 4) is 17.0 Å². The monoisotopic (exact) mass is 547 g/mol. The molecule has 4 heterocycles. The molecule has 1 N–H and O–H groups in total. The Balaban J connectivity index is 1.43. The predicted octanol–water partition coefficient (Wildman–Crippen LogP) is 4.86. The molecule has 0 saturated heterocycles. The third kappa shape index (κ3) is 5.61. The first-order valence-corrected chi connectivity index (χ1v) is 13.2. The number of nitrogens with zero attached hydrogens (tertiary/aromatic N) is 7. The number of hydrogen-bond acceptors (Lipinski definition) is 8. The van der Waals surface area contributed by atoms with Gasteiger partial charge in [0.05, 0.1) is 23.9 Å². The number of carboxylic acids is 1. The van der Waals surface area contributed by atoms with Gasteiger partial charge in [0.2, 0.25) is 0 Å². The molecule has 5 rings (SSSR count). The first-order chi connectivity index (χ1) is 19.0. The van der Waals surface area contributed by atoms with Crippen LogP contribution in [0.5, 0.6) is 5.75 Å². The number of fused-ring (bicyclic) bond motifs is 1. The second kappa shape index (κ2) is 10.6. The first-order valence-electron chi connectivity index (χ1n) is 13.2. The number of carbonyl (C=O) groups is 2. The van der Waals surface area contributed by atoms with Crippen LogP contribution in [-0.4, -0.2) is 65.5 Å². The molecule has 0 bridgehead atoms. The number of rotatable bonds is 6. The average molecular weight is 548 g/mol. The second-order valence-electron chi connectivity index (χ2n) is 11.0. The molecule has 4 aromatic heterocycles. The van der Waals surface area contributed by atoms with E-state index in [9.17, 15) is 14.7 Å². The van der Waals surface area contributed by atoms with E-state index in [2.05, 4.69) is 15.1 Å². The highest BCUT2D eigenvalue weighted by atomic mass is 16.6. The zero-order chi connectivity index (χ0) is 28.6. The van der Waals surface area contributed by atoms with Crippen molar-refractivity contribution in [2.45, 2.75) is 64.2 Å². The smallest absolute Gasteiger partial charge is 0.415 e. The van der Waals surface area contributed by atoms with Crippen LogP contribution in [-0.2, 0) is 11.8 Å². The van der Waals surface area contributed by atoms with E-state index < -0.39 is 17.7 Å². The van der Waals surface area contributed by atoms with Gasteiger partial charge in [0.15, 0.2) is 11.4 Å². The minimum Gasteiger partial charge on any atom is -0.488 e. The van der Waals surface area contributed by atoms with E-state index in [-0.39, 0.29) is 23.6 Å². The average Bonchev–Trinajstić information content (AvgIpc) is 3.51. The highest BCUT2D eigenvalue weighted by molar-refractivity contribution is 5.96. The number of carbonyl (C=O) groups excluding carboxylic acids is 1. The Bertz CT molecular complexity index is 1550. The summed E-state index contributed by atoms with van der Waals surface area (Å²) >= 11 is 0. The molecule has 0 atom stereocenters. The molecular formula is C28H33N7O5. The van der Waals surface area contributed by atoms with Crippen molar-refractivity contribution in [2.24, 2.45) is 7.05 Å². The van der Waals surface area contributed by atoms with E-state index in [1.807, 2.05) is 44.8 Å². The lowest BCUT2D eigenvalue weighted by Crippen LogP contribution is -2.34. The maximum absolute atomic E-state index is 12.7. The van der Waals surface area contributed by atoms with E-state index in [0.29, 0.717) is 5.82 Å².